The summed E-state index contributed by atoms with van der Waals surface area (Å²) in [6.07, 6.45) is 7.66. The fourth-order valence-corrected chi connectivity index (χ4v) is 6.31. The van der Waals surface area contributed by atoms with Gasteiger partial charge in [0, 0.05) is 55.8 Å². The molecule has 208 valence electrons. The van der Waals surface area contributed by atoms with Crippen LogP contribution in [0.1, 0.15) is 35.6 Å². The number of benzene rings is 1. The van der Waals surface area contributed by atoms with Gasteiger partial charge in [0.1, 0.15) is 11.5 Å². The molecule has 2 N–H and O–H groups in total. The molecular formula is C30H29FN8OS. The number of aromatic nitrogens is 5. The Balaban J connectivity index is 1.29. The van der Waals surface area contributed by atoms with E-state index in [1.54, 1.807) is 22.3 Å². The standard InChI is InChI=1S/C30H29FN8OS/c1-18-27(41-17-35-18)24-12-20-15-34-30(36-22-4-5-26(25(31)13-22)38-10-8-32-9-11-38)37-28(20)39(29(24)40)16-21-14-33-7-6-23(21)19-2-3-19/h4-7,12-15,17,19,32H,2-3,8-11,16H2,1H3,(H,34,36,37). The van der Waals surface area contributed by atoms with Crippen LogP contribution in [-0.4, -0.2) is 50.7 Å². The Labute approximate surface area is 240 Å². The van der Waals surface area contributed by atoms with Gasteiger partial charge in [-0.05, 0) is 67.1 Å². The van der Waals surface area contributed by atoms with Crippen molar-refractivity contribution < 1.29 is 4.39 Å². The number of rotatable bonds is 7. The van der Waals surface area contributed by atoms with E-state index in [4.69, 9.17) is 4.98 Å². The predicted octanol–water partition coefficient (Wildman–Crippen LogP) is 4.84. The summed E-state index contributed by atoms with van der Waals surface area (Å²) in [5.74, 6) is 0.492. The Kier molecular flexibility index (Phi) is 6.68. The van der Waals surface area contributed by atoms with Crippen molar-refractivity contribution in [3.63, 3.8) is 0 Å². The van der Waals surface area contributed by atoms with E-state index in [1.165, 1.54) is 23.0 Å². The Morgan fingerprint density at radius 3 is 2.73 bits per heavy atom. The highest BCUT2D eigenvalue weighted by Gasteiger charge is 2.27. The zero-order valence-corrected chi connectivity index (χ0v) is 23.4. The minimum Gasteiger partial charge on any atom is -0.367 e. The first-order valence-electron chi connectivity index (χ1n) is 13.8. The monoisotopic (exact) mass is 568 g/mol. The fraction of sp³-hybridized carbons (Fsp3) is 0.300. The van der Waals surface area contributed by atoms with Gasteiger partial charge in [0.15, 0.2) is 0 Å². The van der Waals surface area contributed by atoms with E-state index >= 15 is 4.39 Å². The number of nitrogens with zero attached hydrogens (tertiary/aromatic N) is 6. The zero-order chi connectivity index (χ0) is 27.9. The average molecular weight is 569 g/mol. The first-order chi connectivity index (χ1) is 20.0. The largest absolute Gasteiger partial charge is 0.367 e. The lowest BCUT2D eigenvalue weighted by Gasteiger charge is -2.29. The van der Waals surface area contributed by atoms with E-state index in [1.807, 2.05) is 36.4 Å². The molecule has 1 saturated carbocycles. The summed E-state index contributed by atoms with van der Waals surface area (Å²) in [5.41, 5.74) is 6.85. The molecule has 1 saturated heterocycles. The molecule has 2 aliphatic rings. The van der Waals surface area contributed by atoms with Crippen molar-refractivity contribution in [1.29, 1.82) is 0 Å². The molecule has 11 heteroatoms. The number of hydrogen-bond donors (Lipinski definition) is 2. The van der Waals surface area contributed by atoms with E-state index in [0.717, 1.165) is 60.5 Å². The molecule has 9 nitrogen and oxygen atoms in total. The Bertz CT molecular complexity index is 1810. The van der Waals surface area contributed by atoms with Crippen LogP contribution in [0.25, 0.3) is 21.5 Å². The molecular weight excluding hydrogens is 539 g/mol. The number of halogens is 1. The smallest absolute Gasteiger partial charge is 0.261 e. The van der Waals surface area contributed by atoms with Crippen molar-refractivity contribution in [1.82, 2.24) is 29.8 Å². The maximum atomic E-state index is 15.1. The molecule has 0 unspecified atom stereocenters. The van der Waals surface area contributed by atoms with Gasteiger partial charge in [-0.1, -0.05) is 0 Å². The van der Waals surface area contributed by atoms with Gasteiger partial charge in [-0.3, -0.25) is 14.3 Å². The van der Waals surface area contributed by atoms with Crippen LogP contribution in [-0.2, 0) is 6.54 Å². The van der Waals surface area contributed by atoms with Crippen molar-refractivity contribution in [2.45, 2.75) is 32.2 Å². The third kappa shape index (κ3) is 5.07. The molecule has 0 spiro atoms. The minimum atomic E-state index is -0.302. The van der Waals surface area contributed by atoms with Crippen molar-refractivity contribution in [3.8, 4) is 10.4 Å². The van der Waals surface area contributed by atoms with Crippen molar-refractivity contribution in [3.05, 3.63) is 87.4 Å². The SMILES string of the molecule is Cc1ncsc1-c1cc2cnc(Nc3ccc(N4CCNCC4)c(F)c3)nc2n(Cc2cnccc2C2CC2)c1=O. The molecule has 0 bridgehead atoms. The second-order valence-electron chi connectivity index (χ2n) is 10.6. The highest BCUT2D eigenvalue weighted by atomic mass is 32.1. The summed E-state index contributed by atoms with van der Waals surface area (Å²) in [4.78, 5) is 34.9. The number of piperazine rings is 1. The molecule has 1 aliphatic heterocycles. The number of pyridine rings is 2. The lowest BCUT2D eigenvalue weighted by molar-refractivity contribution is 0.566. The van der Waals surface area contributed by atoms with Gasteiger partial charge in [-0.15, -0.1) is 11.3 Å². The molecule has 5 aromatic rings. The van der Waals surface area contributed by atoms with Gasteiger partial charge in [0.2, 0.25) is 5.95 Å². The molecule has 1 aliphatic carbocycles. The summed E-state index contributed by atoms with van der Waals surface area (Å²) in [6.45, 7) is 5.43. The normalized spacial score (nSPS) is 15.4. The Morgan fingerprint density at radius 2 is 1.98 bits per heavy atom. The lowest BCUT2D eigenvalue weighted by atomic mass is 10.1. The van der Waals surface area contributed by atoms with Gasteiger partial charge >= 0.3 is 0 Å². The van der Waals surface area contributed by atoms with Crippen molar-refractivity contribution >= 4 is 39.7 Å². The molecule has 5 heterocycles. The molecule has 0 atom stereocenters. The lowest BCUT2D eigenvalue weighted by Crippen LogP contribution is -2.43. The maximum absolute atomic E-state index is 15.1. The number of fused-ring (bicyclic) bond motifs is 1. The molecule has 0 radical (unpaired) electrons. The molecule has 4 aromatic heterocycles. The van der Waals surface area contributed by atoms with Crippen LogP contribution >= 0.6 is 11.3 Å². The topological polar surface area (TPSA) is 101 Å². The van der Waals surface area contributed by atoms with Crippen LogP contribution in [0.2, 0.25) is 0 Å². The molecule has 0 amide bonds. The van der Waals surface area contributed by atoms with Gasteiger partial charge in [0.25, 0.3) is 5.56 Å². The number of aryl methyl sites for hydroxylation is 1. The summed E-state index contributed by atoms with van der Waals surface area (Å²) >= 11 is 1.44. The first kappa shape index (κ1) is 25.7. The summed E-state index contributed by atoms with van der Waals surface area (Å²) < 4.78 is 16.8. The van der Waals surface area contributed by atoms with Crippen LogP contribution in [0.3, 0.4) is 0 Å². The highest BCUT2D eigenvalue weighted by molar-refractivity contribution is 7.13. The van der Waals surface area contributed by atoms with Crippen molar-refractivity contribution in [2.75, 3.05) is 36.4 Å². The Hall–Kier alpha value is -4.22. The molecule has 2 fully saturated rings. The predicted molar refractivity (Wildman–Crippen MR) is 160 cm³/mol. The zero-order valence-electron chi connectivity index (χ0n) is 22.6. The third-order valence-corrected chi connectivity index (χ3v) is 8.73. The fourth-order valence-electron chi connectivity index (χ4n) is 5.50. The number of anilines is 3. The summed E-state index contributed by atoms with van der Waals surface area (Å²) in [5, 5.41) is 7.16. The molecule has 41 heavy (non-hydrogen) atoms. The molecule has 7 rings (SSSR count). The second-order valence-corrected chi connectivity index (χ2v) is 11.4. The van der Waals surface area contributed by atoms with Gasteiger partial charge < -0.3 is 15.5 Å². The quantitative estimate of drug-likeness (QED) is 0.288. The van der Waals surface area contributed by atoms with Crippen LogP contribution in [0.4, 0.5) is 21.7 Å². The van der Waals surface area contributed by atoms with E-state index in [0.29, 0.717) is 35.0 Å². The second kappa shape index (κ2) is 10.6. The first-order valence-corrected chi connectivity index (χ1v) is 14.7. The minimum absolute atomic E-state index is 0.147. The van der Waals surface area contributed by atoms with E-state index in [-0.39, 0.29) is 17.3 Å². The van der Waals surface area contributed by atoms with Gasteiger partial charge in [-0.25, -0.2) is 14.4 Å². The van der Waals surface area contributed by atoms with Gasteiger partial charge in [-0.2, -0.15) is 4.98 Å². The summed E-state index contributed by atoms with van der Waals surface area (Å²) in [6, 6.07) is 8.97. The maximum Gasteiger partial charge on any atom is 0.261 e. The number of thiazole rings is 1. The van der Waals surface area contributed by atoms with Gasteiger partial charge in [0.05, 0.1) is 33.9 Å². The number of hydrogen-bond acceptors (Lipinski definition) is 9. The van der Waals surface area contributed by atoms with E-state index in [9.17, 15) is 4.79 Å². The van der Waals surface area contributed by atoms with Crippen molar-refractivity contribution in [2.24, 2.45) is 0 Å². The number of nitrogens with one attached hydrogen (secondary N) is 2. The Morgan fingerprint density at radius 1 is 1.12 bits per heavy atom. The van der Waals surface area contributed by atoms with Crippen LogP contribution < -0.4 is 21.1 Å². The molecule has 1 aromatic carbocycles. The van der Waals surface area contributed by atoms with Crippen LogP contribution in [0.15, 0.2) is 59.2 Å². The third-order valence-electron chi connectivity index (χ3n) is 7.77. The summed E-state index contributed by atoms with van der Waals surface area (Å²) in [7, 11) is 0. The van der Waals surface area contributed by atoms with E-state index < -0.39 is 0 Å². The van der Waals surface area contributed by atoms with Crippen LogP contribution in [0.5, 0.6) is 0 Å². The van der Waals surface area contributed by atoms with E-state index in [2.05, 4.69) is 31.7 Å². The average Bonchev–Trinajstić information content (AvgIpc) is 3.75. The van der Waals surface area contributed by atoms with Crippen LogP contribution in [0, 0.1) is 12.7 Å². The highest BCUT2D eigenvalue weighted by Crippen LogP contribution is 2.41.